The molecule has 1 heteroatoms. The minimum absolute atomic E-state index is 0.0322. The second-order valence-electron chi connectivity index (χ2n) is 13.8. The van der Waals surface area contributed by atoms with Crippen LogP contribution in [0, 0.1) is 5.41 Å². The Bertz CT molecular complexity index is 1290. The lowest BCUT2D eigenvalue weighted by Crippen LogP contribution is -2.28. The van der Waals surface area contributed by atoms with Crippen molar-refractivity contribution in [3.63, 3.8) is 0 Å². The highest BCUT2D eigenvalue weighted by atomic mass is 16.5. The fourth-order valence-electron chi connectivity index (χ4n) is 6.18. The van der Waals surface area contributed by atoms with Crippen LogP contribution in [0.15, 0.2) is 67.0 Å². The van der Waals surface area contributed by atoms with Gasteiger partial charge in [-0.15, -0.1) is 0 Å². The Morgan fingerprint density at radius 3 is 1.73 bits per heavy atom. The predicted octanol–water partition coefficient (Wildman–Crippen LogP) is 10.8. The first-order valence-corrected chi connectivity index (χ1v) is 14.1. The zero-order valence-electron chi connectivity index (χ0n) is 25.4. The van der Waals surface area contributed by atoms with E-state index in [4.69, 9.17) is 4.74 Å². The molecular formula is C36H50O. The lowest BCUT2D eigenvalue weighted by atomic mass is 9.67. The van der Waals surface area contributed by atoms with Crippen LogP contribution in [0.25, 0.3) is 21.5 Å². The molecule has 0 bridgehead atoms. The van der Waals surface area contributed by atoms with E-state index in [0.29, 0.717) is 6.61 Å². The lowest BCUT2D eigenvalue weighted by Gasteiger charge is -2.37. The van der Waals surface area contributed by atoms with Gasteiger partial charge in [-0.3, -0.25) is 0 Å². The van der Waals surface area contributed by atoms with Gasteiger partial charge in [0.05, 0.1) is 12.9 Å². The van der Waals surface area contributed by atoms with Crippen LogP contribution < -0.4 is 0 Å². The van der Waals surface area contributed by atoms with E-state index in [0.717, 1.165) is 12.8 Å². The third-order valence-corrected chi connectivity index (χ3v) is 7.85. The molecule has 1 unspecified atom stereocenters. The van der Waals surface area contributed by atoms with Gasteiger partial charge in [0, 0.05) is 0 Å². The van der Waals surface area contributed by atoms with E-state index in [1.54, 1.807) is 6.26 Å². The summed E-state index contributed by atoms with van der Waals surface area (Å²) in [5.41, 5.74) is 4.56. The van der Waals surface area contributed by atoms with Crippen molar-refractivity contribution in [1.29, 1.82) is 0 Å². The predicted molar refractivity (Wildman–Crippen MR) is 165 cm³/mol. The second kappa shape index (κ2) is 10.7. The van der Waals surface area contributed by atoms with Gasteiger partial charge in [-0.2, -0.15) is 0 Å². The Morgan fingerprint density at radius 2 is 1.22 bits per heavy atom. The maximum absolute atomic E-state index is 5.35. The second-order valence-corrected chi connectivity index (χ2v) is 13.8. The highest BCUT2D eigenvalue weighted by Crippen LogP contribution is 2.46. The molecule has 0 fully saturated rings. The molecule has 0 N–H and O–H groups in total. The largest absolute Gasteiger partial charge is 0.501 e. The monoisotopic (exact) mass is 498 g/mol. The first kappa shape index (κ1) is 29.0. The normalized spacial score (nSPS) is 15.2. The lowest BCUT2D eigenvalue weighted by molar-refractivity contribution is 0.269. The summed E-state index contributed by atoms with van der Waals surface area (Å²) in [5.74, 6) is 0. The van der Waals surface area contributed by atoms with Crippen LogP contribution in [0.1, 0.15) is 106 Å². The van der Waals surface area contributed by atoms with Crippen LogP contribution in [0.3, 0.4) is 0 Å². The molecule has 0 aromatic heterocycles. The molecule has 1 nitrogen and oxygen atoms in total. The first-order valence-electron chi connectivity index (χ1n) is 14.1. The summed E-state index contributed by atoms with van der Waals surface area (Å²) in [4.78, 5) is 0. The van der Waals surface area contributed by atoms with Crippen LogP contribution in [0.4, 0.5) is 0 Å². The van der Waals surface area contributed by atoms with Crippen LogP contribution >= 0.6 is 0 Å². The molecule has 3 rings (SSSR count). The molecule has 37 heavy (non-hydrogen) atoms. The van der Waals surface area contributed by atoms with Gasteiger partial charge in [0.15, 0.2) is 0 Å². The number of fused-ring (bicyclic) bond motifs is 2. The molecule has 1 atom stereocenters. The molecule has 0 spiro atoms. The molecule has 0 saturated carbocycles. The number of hydrogen-bond donors (Lipinski definition) is 0. The van der Waals surface area contributed by atoms with Crippen molar-refractivity contribution in [3.05, 3.63) is 83.6 Å². The Morgan fingerprint density at radius 1 is 0.676 bits per heavy atom. The fourth-order valence-corrected chi connectivity index (χ4v) is 6.18. The molecule has 0 aliphatic heterocycles. The van der Waals surface area contributed by atoms with E-state index in [1.165, 1.54) is 38.2 Å². The molecule has 3 aromatic carbocycles. The van der Waals surface area contributed by atoms with Gasteiger partial charge in [0.25, 0.3) is 0 Å². The van der Waals surface area contributed by atoms with Crippen LogP contribution in [-0.4, -0.2) is 6.61 Å². The number of rotatable bonds is 8. The van der Waals surface area contributed by atoms with Crippen molar-refractivity contribution in [2.45, 2.75) is 105 Å². The van der Waals surface area contributed by atoms with E-state index in [9.17, 15) is 0 Å². The van der Waals surface area contributed by atoms with Gasteiger partial charge < -0.3 is 4.74 Å². The molecule has 200 valence electrons. The summed E-state index contributed by atoms with van der Waals surface area (Å²) in [6, 6.07) is 16.4. The zero-order chi connectivity index (χ0) is 27.6. The SMILES string of the molecule is CCO/C=C/C=C/C(C)(C)CC(C)(CC)c1ccc2c(C(C)(C)C)c3ccccc3c(C(C)(C)C)c2c1. The van der Waals surface area contributed by atoms with Gasteiger partial charge in [0.1, 0.15) is 0 Å². The minimum Gasteiger partial charge on any atom is -0.501 e. The molecule has 0 amide bonds. The maximum atomic E-state index is 5.35. The van der Waals surface area contributed by atoms with Gasteiger partial charge in [0.2, 0.25) is 0 Å². The van der Waals surface area contributed by atoms with Crippen molar-refractivity contribution in [1.82, 2.24) is 0 Å². The topological polar surface area (TPSA) is 9.23 Å². The standard InChI is InChI=1S/C36H50O/c1-12-36(11,25-35(9,10)22-16-17-23-37-13-2)26-20-21-29-30(24-26)32(34(6,7)8)28-19-15-14-18-27(28)31(29)33(3,4)5/h14-24H,12-13,25H2,1-11H3/b22-16+,23-17+. The highest BCUT2D eigenvalue weighted by molar-refractivity contribution is 6.07. The zero-order valence-corrected chi connectivity index (χ0v) is 25.4. The van der Waals surface area contributed by atoms with E-state index >= 15 is 0 Å². The average Bonchev–Trinajstić information content (AvgIpc) is 2.79. The summed E-state index contributed by atoms with van der Waals surface area (Å²) >= 11 is 0. The molecule has 0 radical (unpaired) electrons. The Kier molecular flexibility index (Phi) is 8.38. The summed E-state index contributed by atoms with van der Waals surface area (Å²) < 4.78 is 5.35. The maximum Gasteiger partial charge on any atom is 0.0845 e. The summed E-state index contributed by atoms with van der Waals surface area (Å²) in [6.07, 6.45) is 10.4. The molecule has 3 aromatic rings. The number of allylic oxidation sites excluding steroid dienone is 3. The molecule has 0 heterocycles. The molecule has 0 aliphatic rings. The third kappa shape index (κ3) is 6.31. The third-order valence-electron chi connectivity index (χ3n) is 7.85. The summed E-state index contributed by atoms with van der Waals surface area (Å²) in [5, 5.41) is 5.61. The molecule has 0 saturated heterocycles. The number of benzene rings is 3. The minimum atomic E-state index is 0.0322. The number of ether oxygens (including phenoxy) is 1. The quantitative estimate of drug-likeness (QED) is 0.170. The van der Waals surface area contributed by atoms with Gasteiger partial charge >= 0.3 is 0 Å². The van der Waals surface area contributed by atoms with Gasteiger partial charge in [-0.1, -0.05) is 124 Å². The van der Waals surface area contributed by atoms with Crippen molar-refractivity contribution in [2.24, 2.45) is 5.41 Å². The highest BCUT2D eigenvalue weighted by Gasteiger charge is 2.33. The van der Waals surface area contributed by atoms with Crippen LogP contribution in [-0.2, 0) is 21.0 Å². The van der Waals surface area contributed by atoms with Crippen LogP contribution in [0.2, 0.25) is 0 Å². The Balaban J connectivity index is 2.25. The first-order chi connectivity index (χ1) is 17.1. The van der Waals surface area contributed by atoms with E-state index in [2.05, 4.69) is 124 Å². The molecular weight excluding hydrogens is 448 g/mol. The van der Waals surface area contributed by atoms with E-state index in [1.807, 2.05) is 13.0 Å². The number of hydrogen-bond acceptors (Lipinski definition) is 1. The molecule has 0 aliphatic carbocycles. The summed E-state index contributed by atoms with van der Waals surface area (Å²) in [7, 11) is 0. The Labute approximate surface area is 227 Å². The van der Waals surface area contributed by atoms with Crippen LogP contribution in [0.5, 0.6) is 0 Å². The van der Waals surface area contributed by atoms with E-state index < -0.39 is 0 Å². The summed E-state index contributed by atoms with van der Waals surface area (Å²) in [6.45, 7) is 26.3. The average molecular weight is 499 g/mol. The van der Waals surface area contributed by atoms with E-state index in [-0.39, 0.29) is 21.7 Å². The fraction of sp³-hybridized carbons (Fsp3) is 0.500. The smallest absolute Gasteiger partial charge is 0.0845 e. The Hall–Kier alpha value is -2.54. The van der Waals surface area contributed by atoms with Crippen molar-refractivity contribution < 1.29 is 4.74 Å². The van der Waals surface area contributed by atoms with Crippen molar-refractivity contribution in [3.8, 4) is 0 Å². The van der Waals surface area contributed by atoms with Gasteiger partial charge in [-0.25, -0.2) is 0 Å². The van der Waals surface area contributed by atoms with Crippen molar-refractivity contribution >= 4 is 21.5 Å². The van der Waals surface area contributed by atoms with Gasteiger partial charge in [-0.05, 0) is 85.7 Å². The van der Waals surface area contributed by atoms with Crippen molar-refractivity contribution in [2.75, 3.05) is 6.61 Å².